The number of nitrogens with zero attached hydrogens (tertiary/aromatic N) is 4. The van der Waals surface area contributed by atoms with Crippen molar-refractivity contribution >= 4 is 39.8 Å². The number of halogens is 2. The molecular formula is C20H22Cl2N4O. The molecule has 0 N–H and O–H groups in total. The molecule has 0 atom stereocenters. The van der Waals surface area contributed by atoms with Crippen molar-refractivity contribution in [2.24, 2.45) is 0 Å². The monoisotopic (exact) mass is 404 g/mol. The molecule has 0 aliphatic carbocycles. The molecule has 7 heteroatoms. The van der Waals surface area contributed by atoms with Gasteiger partial charge in [-0.15, -0.1) is 11.6 Å². The number of hydrogen-bond donors (Lipinski definition) is 0. The highest BCUT2D eigenvalue weighted by Gasteiger charge is 2.17. The fourth-order valence-corrected chi connectivity index (χ4v) is 3.30. The van der Waals surface area contributed by atoms with Crippen LogP contribution in [-0.2, 0) is 5.88 Å². The van der Waals surface area contributed by atoms with Crippen LogP contribution in [-0.4, -0.2) is 48.7 Å². The van der Waals surface area contributed by atoms with Gasteiger partial charge >= 0.3 is 0 Å². The Morgan fingerprint density at radius 3 is 2.37 bits per heavy atom. The van der Waals surface area contributed by atoms with Crippen LogP contribution in [0.1, 0.15) is 5.82 Å². The molecule has 5 nitrogen and oxygen atoms in total. The topological polar surface area (TPSA) is 41.4 Å². The van der Waals surface area contributed by atoms with E-state index in [2.05, 4.69) is 14.8 Å². The summed E-state index contributed by atoms with van der Waals surface area (Å²) in [4.78, 5) is 22.3. The molecule has 0 aliphatic heterocycles. The molecule has 0 saturated carbocycles. The Balaban J connectivity index is 2.22. The van der Waals surface area contributed by atoms with Crippen LogP contribution < -0.4 is 10.5 Å². The molecule has 3 aromatic rings. The van der Waals surface area contributed by atoms with Crippen molar-refractivity contribution in [1.29, 1.82) is 0 Å². The molecule has 3 rings (SSSR count). The van der Waals surface area contributed by atoms with Crippen LogP contribution in [0.3, 0.4) is 0 Å². The fourth-order valence-electron chi connectivity index (χ4n) is 2.99. The Hall–Kier alpha value is -2.08. The highest BCUT2D eigenvalue weighted by Crippen LogP contribution is 2.24. The van der Waals surface area contributed by atoms with Crippen molar-refractivity contribution in [3.05, 3.63) is 63.7 Å². The summed E-state index contributed by atoms with van der Waals surface area (Å²) >= 11 is 12.1. The Morgan fingerprint density at radius 2 is 1.74 bits per heavy atom. The van der Waals surface area contributed by atoms with Gasteiger partial charge in [0.15, 0.2) is 0 Å². The Morgan fingerprint density at radius 1 is 1.04 bits per heavy atom. The van der Waals surface area contributed by atoms with Crippen molar-refractivity contribution in [3.8, 4) is 5.69 Å². The van der Waals surface area contributed by atoms with Crippen molar-refractivity contribution in [1.82, 2.24) is 14.5 Å². The Bertz CT molecular complexity index is 999. The maximum atomic E-state index is 13.5. The first-order chi connectivity index (χ1) is 12.9. The van der Waals surface area contributed by atoms with Gasteiger partial charge in [-0.1, -0.05) is 17.7 Å². The predicted octanol–water partition coefficient (Wildman–Crippen LogP) is 3.78. The van der Waals surface area contributed by atoms with Gasteiger partial charge in [0.1, 0.15) is 5.82 Å². The summed E-state index contributed by atoms with van der Waals surface area (Å²) in [5, 5.41) is 1.19. The zero-order valence-electron chi connectivity index (χ0n) is 15.6. The van der Waals surface area contributed by atoms with Gasteiger partial charge in [0.05, 0.1) is 28.2 Å². The molecule has 0 fully saturated rings. The molecule has 1 aromatic heterocycles. The van der Waals surface area contributed by atoms with E-state index in [4.69, 9.17) is 23.2 Å². The number of fused-ring (bicyclic) bond motifs is 1. The van der Waals surface area contributed by atoms with Gasteiger partial charge in [-0.25, -0.2) is 4.98 Å². The van der Waals surface area contributed by atoms with E-state index in [0.717, 1.165) is 18.8 Å². The number of rotatable bonds is 6. The third-order valence-corrected chi connectivity index (χ3v) is 4.93. The summed E-state index contributed by atoms with van der Waals surface area (Å²) in [5.74, 6) is 0.638. The first-order valence-electron chi connectivity index (χ1n) is 8.65. The van der Waals surface area contributed by atoms with E-state index in [0.29, 0.717) is 27.4 Å². The second-order valence-electron chi connectivity index (χ2n) is 6.67. The van der Waals surface area contributed by atoms with Crippen molar-refractivity contribution < 1.29 is 0 Å². The highest BCUT2D eigenvalue weighted by atomic mass is 35.5. The maximum absolute atomic E-state index is 13.5. The van der Waals surface area contributed by atoms with Crippen LogP contribution in [0, 0.1) is 0 Å². The lowest BCUT2D eigenvalue weighted by molar-refractivity contribution is 0.416. The lowest BCUT2D eigenvalue weighted by Crippen LogP contribution is -2.30. The number of hydrogen-bond acceptors (Lipinski definition) is 4. The van der Waals surface area contributed by atoms with E-state index < -0.39 is 0 Å². The normalized spacial score (nSPS) is 11.3. The fraction of sp³-hybridized carbons (Fsp3) is 0.300. The molecule has 2 aromatic carbocycles. The van der Waals surface area contributed by atoms with Crippen LogP contribution in [0.4, 0.5) is 5.69 Å². The zero-order valence-corrected chi connectivity index (χ0v) is 17.1. The Labute approximate surface area is 168 Å². The summed E-state index contributed by atoms with van der Waals surface area (Å²) in [6.07, 6.45) is 0. The summed E-state index contributed by atoms with van der Waals surface area (Å²) < 4.78 is 1.56. The van der Waals surface area contributed by atoms with Crippen LogP contribution in [0.5, 0.6) is 0 Å². The number of aromatic nitrogens is 2. The lowest BCUT2D eigenvalue weighted by Gasteiger charge is -2.23. The maximum Gasteiger partial charge on any atom is 0.268 e. The quantitative estimate of drug-likeness (QED) is 0.586. The average molecular weight is 405 g/mol. The lowest BCUT2D eigenvalue weighted by atomic mass is 10.1. The number of likely N-dealkylation sites (N-methyl/N-ethyl adjacent to an activating group) is 2. The molecule has 0 bridgehead atoms. The standard InChI is InChI=1S/C20H22Cl2N4O/c1-24(2)11-12-25(3)17-6-4-5-16-19(17)20(27)26(18(13-21)23-16)15-9-7-14(22)8-10-15/h4-10H,11-13H2,1-3H3. The minimum atomic E-state index is -0.134. The number of alkyl halides is 1. The minimum Gasteiger partial charge on any atom is -0.373 e. The van der Waals surface area contributed by atoms with E-state index >= 15 is 0 Å². The molecule has 0 amide bonds. The second kappa shape index (κ2) is 8.30. The molecule has 1 heterocycles. The third kappa shape index (κ3) is 4.10. The molecule has 0 aliphatic rings. The summed E-state index contributed by atoms with van der Waals surface area (Å²) in [5.41, 5.74) is 2.07. The minimum absolute atomic E-state index is 0.133. The molecule has 27 heavy (non-hydrogen) atoms. The van der Waals surface area contributed by atoms with Crippen LogP contribution >= 0.6 is 23.2 Å². The summed E-state index contributed by atoms with van der Waals surface area (Å²) in [6.45, 7) is 1.68. The van der Waals surface area contributed by atoms with E-state index in [-0.39, 0.29) is 11.4 Å². The van der Waals surface area contributed by atoms with Gasteiger partial charge < -0.3 is 9.80 Å². The van der Waals surface area contributed by atoms with Gasteiger partial charge in [0.25, 0.3) is 5.56 Å². The molecular weight excluding hydrogens is 383 g/mol. The zero-order chi connectivity index (χ0) is 19.6. The molecule has 0 spiro atoms. The van der Waals surface area contributed by atoms with Gasteiger partial charge in [0.2, 0.25) is 0 Å². The van der Waals surface area contributed by atoms with Crippen LogP contribution in [0.15, 0.2) is 47.3 Å². The highest BCUT2D eigenvalue weighted by molar-refractivity contribution is 6.30. The van der Waals surface area contributed by atoms with E-state index in [9.17, 15) is 4.79 Å². The van der Waals surface area contributed by atoms with Gasteiger partial charge in [0, 0.05) is 25.2 Å². The second-order valence-corrected chi connectivity index (χ2v) is 7.38. The number of anilines is 1. The molecule has 0 unspecified atom stereocenters. The first kappa shape index (κ1) is 19.7. The smallest absolute Gasteiger partial charge is 0.268 e. The SMILES string of the molecule is CN(C)CCN(C)c1cccc2nc(CCl)n(-c3ccc(Cl)cc3)c(=O)c12. The van der Waals surface area contributed by atoms with Gasteiger partial charge in [-0.2, -0.15) is 0 Å². The predicted molar refractivity (Wildman–Crippen MR) is 114 cm³/mol. The van der Waals surface area contributed by atoms with Crippen LogP contribution in [0.2, 0.25) is 5.02 Å². The van der Waals surface area contributed by atoms with Crippen molar-refractivity contribution in [2.75, 3.05) is 39.1 Å². The van der Waals surface area contributed by atoms with E-state index in [1.54, 1.807) is 28.8 Å². The molecule has 142 valence electrons. The van der Waals surface area contributed by atoms with E-state index in [1.165, 1.54) is 0 Å². The van der Waals surface area contributed by atoms with Gasteiger partial charge in [-0.05, 0) is 50.5 Å². The molecule has 0 saturated heterocycles. The average Bonchev–Trinajstić information content (AvgIpc) is 2.66. The van der Waals surface area contributed by atoms with Gasteiger partial charge in [-0.3, -0.25) is 9.36 Å². The Kier molecular flexibility index (Phi) is 6.05. The number of benzene rings is 2. The third-order valence-electron chi connectivity index (χ3n) is 4.44. The largest absolute Gasteiger partial charge is 0.373 e. The van der Waals surface area contributed by atoms with Crippen molar-refractivity contribution in [3.63, 3.8) is 0 Å². The molecule has 0 radical (unpaired) electrons. The summed E-state index contributed by atoms with van der Waals surface area (Å²) in [7, 11) is 6.04. The van der Waals surface area contributed by atoms with Crippen molar-refractivity contribution in [2.45, 2.75) is 5.88 Å². The van der Waals surface area contributed by atoms with E-state index in [1.807, 2.05) is 39.3 Å². The first-order valence-corrected chi connectivity index (χ1v) is 9.56. The van der Waals surface area contributed by atoms with Crippen LogP contribution in [0.25, 0.3) is 16.6 Å². The summed E-state index contributed by atoms with van der Waals surface area (Å²) in [6, 6.07) is 12.8.